The van der Waals surface area contributed by atoms with E-state index in [1.165, 1.54) is 44.9 Å². The monoisotopic (exact) mass is 418 g/mol. The van der Waals surface area contributed by atoms with Crippen molar-refractivity contribution in [3.8, 4) is 0 Å². The van der Waals surface area contributed by atoms with Crippen molar-refractivity contribution in [2.45, 2.75) is 130 Å². The molecule has 4 aliphatic rings. The van der Waals surface area contributed by atoms with Gasteiger partial charge in [0.25, 0.3) is 0 Å². The van der Waals surface area contributed by atoms with Crippen LogP contribution in [-0.2, 0) is 0 Å². The molecule has 0 amide bonds. The first-order chi connectivity index (χ1) is 14.1. The maximum atomic E-state index is 11.0. The SMILES string of the molecule is CC[C@]1(O)CCC2(C)C(CCC3C2CC[C@]2(C)C(CC(O)CCC(C)C)CCC32)C1. The fourth-order valence-electron chi connectivity index (χ4n) is 9.11. The number of hydrogen-bond acceptors (Lipinski definition) is 2. The molecule has 7 unspecified atom stereocenters. The van der Waals surface area contributed by atoms with Gasteiger partial charge in [0.05, 0.1) is 11.7 Å². The Kier molecular flexibility index (Phi) is 6.44. The topological polar surface area (TPSA) is 40.5 Å². The van der Waals surface area contributed by atoms with Gasteiger partial charge in [-0.15, -0.1) is 0 Å². The van der Waals surface area contributed by atoms with Crippen molar-refractivity contribution >= 4 is 0 Å². The molecule has 0 heterocycles. The third-order valence-corrected chi connectivity index (χ3v) is 11.3. The maximum Gasteiger partial charge on any atom is 0.0648 e. The van der Waals surface area contributed by atoms with Crippen LogP contribution in [0.2, 0.25) is 0 Å². The van der Waals surface area contributed by atoms with Crippen LogP contribution in [0, 0.1) is 46.3 Å². The van der Waals surface area contributed by atoms with Crippen molar-refractivity contribution in [3.63, 3.8) is 0 Å². The summed E-state index contributed by atoms with van der Waals surface area (Å²) >= 11 is 0. The lowest BCUT2D eigenvalue weighted by molar-refractivity contribution is -0.152. The minimum absolute atomic E-state index is 0.0935. The van der Waals surface area contributed by atoms with Crippen LogP contribution in [0.25, 0.3) is 0 Å². The van der Waals surface area contributed by atoms with Gasteiger partial charge in [0.2, 0.25) is 0 Å². The van der Waals surface area contributed by atoms with Crippen LogP contribution >= 0.6 is 0 Å². The van der Waals surface area contributed by atoms with Gasteiger partial charge in [0.15, 0.2) is 0 Å². The molecule has 2 nitrogen and oxygen atoms in total. The van der Waals surface area contributed by atoms with Crippen LogP contribution in [0.4, 0.5) is 0 Å². The molecule has 0 aromatic rings. The highest BCUT2D eigenvalue weighted by molar-refractivity contribution is 5.10. The van der Waals surface area contributed by atoms with Gasteiger partial charge in [-0.05, 0) is 130 Å². The van der Waals surface area contributed by atoms with E-state index < -0.39 is 0 Å². The zero-order chi connectivity index (χ0) is 21.7. The van der Waals surface area contributed by atoms with Crippen LogP contribution in [-0.4, -0.2) is 21.9 Å². The molecule has 30 heavy (non-hydrogen) atoms. The van der Waals surface area contributed by atoms with Crippen LogP contribution < -0.4 is 0 Å². The van der Waals surface area contributed by atoms with Crippen molar-refractivity contribution in [1.82, 2.24) is 0 Å². The summed E-state index contributed by atoms with van der Waals surface area (Å²) in [5.41, 5.74) is 0.535. The lowest BCUT2D eigenvalue weighted by Gasteiger charge is -2.62. The number of aliphatic hydroxyl groups is 2. The van der Waals surface area contributed by atoms with Gasteiger partial charge in [-0.25, -0.2) is 0 Å². The van der Waals surface area contributed by atoms with Gasteiger partial charge in [0.1, 0.15) is 0 Å². The van der Waals surface area contributed by atoms with E-state index in [9.17, 15) is 10.2 Å². The second-order valence-electron chi connectivity index (χ2n) is 13.1. The molecule has 4 saturated carbocycles. The molecule has 0 saturated heterocycles. The molecule has 4 fully saturated rings. The molecule has 4 rings (SSSR count). The van der Waals surface area contributed by atoms with Crippen LogP contribution in [0.3, 0.4) is 0 Å². The lowest BCUT2D eigenvalue weighted by Crippen LogP contribution is -2.55. The summed E-state index contributed by atoms with van der Waals surface area (Å²) < 4.78 is 0. The molecule has 9 atom stereocenters. The Morgan fingerprint density at radius 2 is 1.60 bits per heavy atom. The number of rotatable bonds is 6. The highest BCUT2D eigenvalue weighted by Crippen LogP contribution is 2.68. The summed E-state index contributed by atoms with van der Waals surface area (Å²) in [6, 6.07) is 0. The van der Waals surface area contributed by atoms with Gasteiger partial charge in [-0.2, -0.15) is 0 Å². The van der Waals surface area contributed by atoms with Gasteiger partial charge in [0, 0.05) is 0 Å². The Morgan fingerprint density at radius 3 is 2.30 bits per heavy atom. The molecule has 0 radical (unpaired) electrons. The minimum atomic E-state index is -0.384. The van der Waals surface area contributed by atoms with Crippen LogP contribution in [0.1, 0.15) is 118 Å². The first-order valence-electron chi connectivity index (χ1n) is 13.5. The smallest absolute Gasteiger partial charge is 0.0648 e. The molecule has 0 bridgehead atoms. The molecule has 0 spiro atoms. The maximum absolute atomic E-state index is 11.0. The van der Waals surface area contributed by atoms with Crippen molar-refractivity contribution in [2.24, 2.45) is 46.3 Å². The van der Waals surface area contributed by atoms with E-state index in [0.717, 1.165) is 68.1 Å². The van der Waals surface area contributed by atoms with Gasteiger partial charge in [-0.3, -0.25) is 0 Å². The quantitative estimate of drug-likeness (QED) is 0.489. The molecule has 2 N–H and O–H groups in total. The number of hydrogen-bond donors (Lipinski definition) is 2. The molecule has 0 aromatic carbocycles. The summed E-state index contributed by atoms with van der Waals surface area (Å²) in [6.45, 7) is 11.9. The predicted molar refractivity (Wildman–Crippen MR) is 125 cm³/mol. The van der Waals surface area contributed by atoms with Crippen molar-refractivity contribution in [2.75, 3.05) is 0 Å². The van der Waals surface area contributed by atoms with E-state index in [1.54, 1.807) is 0 Å². The van der Waals surface area contributed by atoms with E-state index in [-0.39, 0.29) is 11.7 Å². The van der Waals surface area contributed by atoms with Gasteiger partial charge >= 0.3 is 0 Å². The zero-order valence-corrected chi connectivity index (χ0v) is 20.6. The Morgan fingerprint density at radius 1 is 0.867 bits per heavy atom. The normalized spacial score (nSPS) is 49.4. The summed E-state index contributed by atoms with van der Waals surface area (Å²) in [4.78, 5) is 0. The van der Waals surface area contributed by atoms with Crippen molar-refractivity contribution in [1.29, 1.82) is 0 Å². The van der Waals surface area contributed by atoms with Gasteiger partial charge < -0.3 is 10.2 Å². The zero-order valence-electron chi connectivity index (χ0n) is 20.6. The minimum Gasteiger partial charge on any atom is -0.393 e. The summed E-state index contributed by atoms with van der Waals surface area (Å²) in [5, 5.41) is 21.7. The highest BCUT2D eigenvalue weighted by Gasteiger charge is 2.61. The molecule has 0 aliphatic heterocycles. The van der Waals surface area contributed by atoms with E-state index >= 15 is 0 Å². The number of fused-ring (bicyclic) bond motifs is 5. The first-order valence-corrected chi connectivity index (χ1v) is 13.5. The third-order valence-electron chi connectivity index (χ3n) is 11.3. The Balaban J connectivity index is 1.45. The summed E-state index contributed by atoms with van der Waals surface area (Å²) in [5.74, 6) is 4.81. The Bertz CT molecular complexity index is 601. The van der Waals surface area contributed by atoms with Crippen LogP contribution in [0.15, 0.2) is 0 Å². The predicted octanol–water partition coefficient (Wildman–Crippen LogP) is 6.97. The first kappa shape index (κ1) is 23.1. The molecular weight excluding hydrogens is 368 g/mol. The largest absolute Gasteiger partial charge is 0.393 e. The molecule has 4 aliphatic carbocycles. The average Bonchev–Trinajstić information content (AvgIpc) is 3.03. The van der Waals surface area contributed by atoms with Crippen LogP contribution in [0.5, 0.6) is 0 Å². The molecule has 174 valence electrons. The lowest BCUT2D eigenvalue weighted by atomic mass is 9.43. The van der Waals surface area contributed by atoms with Gasteiger partial charge in [-0.1, -0.05) is 34.6 Å². The van der Waals surface area contributed by atoms with E-state index in [4.69, 9.17) is 0 Å². The average molecular weight is 419 g/mol. The number of aliphatic hydroxyl groups excluding tert-OH is 1. The fraction of sp³-hybridized carbons (Fsp3) is 1.00. The highest BCUT2D eigenvalue weighted by atomic mass is 16.3. The third kappa shape index (κ3) is 3.91. The molecule has 2 heteroatoms. The van der Waals surface area contributed by atoms with Crippen molar-refractivity contribution in [3.05, 3.63) is 0 Å². The van der Waals surface area contributed by atoms with E-state index in [1.807, 2.05) is 0 Å². The second-order valence-corrected chi connectivity index (χ2v) is 13.1. The molecular formula is C28H50O2. The Labute approximate surface area is 186 Å². The summed E-state index contributed by atoms with van der Waals surface area (Å²) in [6.07, 6.45) is 15.6. The fourth-order valence-corrected chi connectivity index (χ4v) is 9.11. The van der Waals surface area contributed by atoms with E-state index in [2.05, 4.69) is 34.6 Å². The van der Waals surface area contributed by atoms with Crippen molar-refractivity contribution < 1.29 is 10.2 Å². The summed E-state index contributed by atoms with van der Waals surface area (Å²) in [7, 11) is 0. The second kappa shape index (κ2) is 8.36. The standard InChI is InChI=1S/C28H50O2/c1-6-28(30)16-15-27(5)21(18-28)8-11-23-24-12-9-20(17-22(29)10-7-19(2)3)26(24,4)14-13-25(23)27/h19-25,29-30H,6-18H2,1-5H3/t20?,21?,22?,23?,24?,25?,26-,27?,28+/m1/s1. The van der Waals surface area contributed by atoms with E-state index in [0.29, 0.717) is 16.7 Å². The molecule has 0 aromatic heterocycles. The Hall–Kier alpha value is -0.0800.